The highest BCUT2D eigenvalue weighted by atomic mass is 35.5. The van der Waals surface area contributed by atoms with Crippen LogP contribution < -0.4 is 10.1 Å². The second-order valence-electron chi connectivity index (χ2n) is 5.62. The molecule has 0 unspecified atom stereocenters. The van der Waals surface area contributed by atoms with Gasteiger partial charge in [0.25, 0.3) is 5.91 Å². The molecule has 0 radical (unpaired) electrons. The van der Waals surface area contributed by atoms with Crippen molar-refractivity contribution in [2.75, 3.05) is 18.5 Å². The monoisotopic (exact) mass is 400 g/mol. The first kappa shape index (κ1) is 19.4. The van der Waals surface area contributed by atoms with Gasteiger partial charge in [-0.15, -0.1) is 0 Å². The molecular formula is C19H17ClN4O4. The third-order valence-corrected chi connectivity index (χ3v) is 3.82. The number of nitrogens with zero attached hydrogens (tertiary/aromatic N) is 3. The van der Waals surface area contributed by atoms with E-state index in [2.05, 4.69) is 15.4 Å². The Morgan fingerprint density at radius 2 is 1.96 bits per heavy atom. The van der Waals surface area contributed by atoms with E-state index >= 15 is 0 Å². The molecule has 0 spiro atoms. The molecule has 3 aromatic rings. The molecule has 0 aliphatic rings. The average molecular weight is 401 g/mol. The number of carbonyl (C=O) groups excluding carboxylic acids is 2. The molecule has 8 nitrogen and oxygen atoms in total. The van der Waals surface area contributed by atoms with Crippen molar-refractivity contribution >= 4 is 29.2 Å². The fraction of sp³-hybridized carbons (Fsp3) is 0.158. The molecule has 0 atom stereocenters. The van der Waals surface area contributed by atoms with E-state index in [0.717, 1.165) is 0 Å². The van der Waals surface area contributed by atoms with Gasteiger partial charge < -0.3 is 14.8 Å². The van der Waals surface area contributed by atoms with Crippen LogP contribution in [0.5, 0.6) is 5.75 Å². The molecule has 1 heterocycles. The van der Waals surface area contributed by atoms with Gasteiger partial charge in [0.05, 0.1) is 24.4 Å². The number of nitrogens with one attached hydrogen (secondary N) is 1. The Hall–Kier alpha value is -3.39. The van der Waals surface area contributed by atoms with Crippen LogP contribution in [0.15, 0.2) is 61.2 Å². The van der Waals surface area contributed by atoms with Gasteiger partial charge in [0.2, 0.25) is 0 Å². The molecular weight excluding hydrogens is 384 g/mol. The van der Waals surface area contributed by atoms with Crippen molar-refractivity contribution in [3.05, 3.63) is 66.2 Å². The van der Waals surface area contributed by atoms with Crippen LogP contribution in [0.1, 0.15) is 6.42 Å². The zero-order chi connectivity index (χ0) is 19.8. The summed E-state index contributed by atoms with van der Waals surface area (Å²) in [5.41, 5.74) is 1.00. The lowest BCUT2D eigenvalue weighted by atomic mass is 10.2. The number of esters is 1. The minimum absolute atomic E-state index is 0.0313. The highest BCUT2D eigenvalue weighted by Crippen LogP contribution is 2.23. The van der Waals surface area contributed by atoms with Gasteiger partial charge in [0.1, 0.15) is 18.4 Å². The lowest BCUT2D eigenvalue weighted by molar-refractivity contribution is -0.147. The first-order chi connectivity index (χ1) is 13.6. The molecule has 144 valence electrons. The highest BCUT2D eigenvalue weighted by Gasteiger charge is 2.12. The topological polar surface area (TPSA) is 95.3 Å². The first-order valence-electron chi connectivity index (χ1n) is 8.40. The number of ether oxygens (including phenoxy) is 2. The lowest BCUT2D eigenvalue weighted by Gasteiger charge is -2.11. The van der Waals surface area contributed by atoms with Crippen LogP contribution in [0.2, 0.25) is 5.02 Å². The van der Waals surface area contributed by atoms with Crippen LogP contribution in [-0.4, -0.2) is 39.9 Å². The third-order valence-electron chi connectivity index (χ3n) is 3.58. The molecule has 1 N–H and O–H groups in total. The number of halogens is 1. The third kappa shape index (κ3) is 5.55. The summed E-state index contributed by atoms with van der Waals surface area (Å²) in [5, 5.41) is 7.12. The Labute approximate surface area is 166 Å². The van der Waals surface area contributed by atoms with Crippen molar-refractivity contribution in [2.45, 2.75) is 6.42 Å². The Morgan fingerprint density at radius 3 is 2.71 bits per heavy atom. The molecule has 0 fully saturated rings. The second kappa shape index (κ2) is 9.52. The Balaban J connectivity index is 1.48. The Kier molecular flexibility index (Phi) is 6.59. The standard InChI is InChI=1S/C19H17ClN4O4/c20-14-6-7-17(24-13-21-12-22-24)16(10-14)23-18(25)11-28-19(26)8-9-27-15-4-2-1-3-5-15/h1-7,10,12-13H,8-9,11H2,(H,23,25). The van der Waals surface area contributed by atoms with Crippen LogP contribution in [0.3, 0.4) is 0 Å². The van der Waals surface area contributed by atoms with E-state index < -0.39 is 18.5 Å². The van der Waals surface area contributed by atoms with Gasteiger partial charge in [-0.2, -0.15) is 5.10 Å². The molecule has 0 aliphatic carbocycles. The number of aromatic nitrogens is 3. The zero-order valence-electron chi connectivity index (χ0n) is 14.7. The van der Waals surface area contributed by atoms with E-state index in [0.29, 0.717) is 22.1 Å². The number of anilines is 1. The van der Waals surface area contributed by atoms with Crippen LogP contribution in [-0.2, 0) is 14.3 Å². The number of hydrogen-bond acceptors (Lipinski definition) is 6. The fourth-order valence-corrected chi connectivity index (χ4v) is 2.49. The quantitative estimate of drug-likeness (QED) is 0.584. The lowest BCUT2D eigenvalue weighted by Crippen LogP contribution is -2.22. The molecule has 28 heavy (non-hydrogen) atoms. The predicted octanol–water partition coefficient (Wildman–Crippen LogP) is 2.87. The highest BCUT2D eigenvalue weighted by molar-refractivity contribution is 6.31. The summed E-state index contributed by atoms with van der Waals surface area (Å²) in [6.45, 7) is -0.261. The first-order valence-corrected chi connectivity index (χ1v) is 8.77. The molecule has 1 aromatic heterocycles. The van der Waals surface area contributed by atoms with Gasteiger partial charge in [-0.3, -0.25) is 9.59 Å². The van der Waals surface area contributed by atoms with Crippen molar-refractivity contribution in [1.29, 1.82) is 0 Å². The summed E-state index contributed by atoms with van der Waals surface area (Å²) in [4.78, 5) is 27.8. The van der Waals surface area contributed by atoms with Crippen LogP contribution in [0.25, 0.3) is 5.69 Å². The maximum absolute atomic E-state index is 12.1. The number of hydrogen-bond donors (Lipinski definition) is 1. The zero-order valence-corrected chi connectivity index (χ0v) is 15.5. The van der Waals surface area contributed by atoms with Gasteiger partial charge in [0.15, 0.2) is 6.61 Å². The maximum atomic E-state index is 12.1. The van der Waals surface area contributed by atoms with Gasteiger partial charge in [-0.05, 0) is 30.3 Å². The van der Waals surface area contributed by atoms with Crippen molar-refractivity contribution in [2.24, 2.45) is 0 Å². The maximum Gasteiger partial charge on any atom is 0.309 e. The average Bonchev–Trinajstić information content (AvgIpc) is 3.22. The van der Waals surface area contributed by atoms with Gasteiger partial charge >= 0.3 is 5.97 Å². The SMILES string of the molecule is O=C(COC(=O)CCOc1ccccc1)Nc1cc(Cl)ccc1-n1cncn1. The van der Waals surface area contributed by atoms with Crippen molar-refractivity contribution in [1.82, 2.24) is 14.8 Å². The smallest absolute Gasteiger partial charge is 0.309 e. The van der Waals surface area contributed by atoms with Gasteiger partial charge in [-0.1, -0.05) is 29.8 Å². The van der Waals surface area contributed by atoms with Crippen LogP contribution >= 0.6 is 11.6 Å². The van der Waals surface area contributed by atoms with Crippen LogP contribution in [0, 0.1) is 0 Å². The minimum Gasteiger partial charge on any atom is -0.493 e. The molecule has 0 aliphatic heterocycles. The number of rotatable bonds is 8. The van der Waals surface area contributed by atoms with Crippen molar-refractivity contribution in [3.8, 4) is 11.4 Å². The fourth-order valence-electron chi connectivity index (χ4n) is 2.31. The summed E-state index contributed by atoms with van der Waals surface area (Å²) >= 11 is 6.00. The number of benzene rings is 2. The minimum atomic E-state index is -0.534. The van der Waals surface area contributed by atoms with E-state index in [1.54, 1.807) is 30.3 Å². The molecule has 0 bridgehead atoms. The summed E-state index contributed by atoms with van der Waals surface area (Å²) < 4.78 is 11.9. The molecule has 9 heteroatoms. The summed E-state index contributed by atoms with van der Waals surface area (Å²) in [6.07, 6.45) is 2.90. The Bertz CT molecular complexity index is 932. The molecule has 3 rings (SSSR count). The number of para-hydroxylation sites is 1. The molecule has 0 saturated carbocycles. The van der Waals surface area contributed by atoms with E-state index in [1.807, 2.05) is 18.2 Å². The van der Waals surface area contributed by atoms with E-state index in [-0.39, 0.29) is 13.0 Å². The van der Waals surface area contributed by atoms with E-state index in [9.17, 15) is 9.59 Å². The van der Waals surface area contributed by atoms with Crippen molar-refractivity contribution in [3.63, 3.8) is 0 Å². The predicted molar refractivity (Wildman–Crippen MR) is 103 cm³/mol. The number of carbonyl (C=O) groups is 2. The van der Waals surface area contributed by atoms with Gasteiger partial charge in [-0.25, -0.2) is 9.67 Å². The summed E-state index contributed by atoms with van der Waals surface area (Å²) in [7, 11) is 0. The molecule has 2 aromatic carbocycles. The molecule has 0 saturated heterocycles. The van der Waals surface area contributed by atoms with E-state index in [1.165, 1.54) is 17.3 Å². The summed E-state index contributed by atoms with van der Waals surface area (Å²) in [5.74, 6) is -0.371. The van der Waals surface area contributed by atoms with Crippen LogP contribution in [0.4, 0.5) is 5.69 Å². The second-order valence-corrected chi connectivity index (χ2v) is 6.06. The molecule has 1 amide bonds. The summed E-state index contributed by atoms with van der Waals surface area (Å²) in [6, 6.07) is 14.1. The normalized spacial score (nSPS) is 10.3. The van der Waals surface area contributed by atoms with Gasteiger partial charge in [0, 0.05) is 5.02 Å². The number of amides is 1. The largest absolute Gasteiger partial charge is 0.493 e. The van der Waals surface area contributed by atoms with E-state index in [4.69, 9.17) is 21.1 Å². The van der Waals surface area contributed by atoms with Crippen molar-refractivity contribution < 1.29 is 19.1 Å². The Morgan fingerprint density at radius 1 is 1.14 bits per heavy atom.